The first kappa shape index (κ1) is 24.5. The molecule has 1 aliphatic rings. The van der Waals surface area contributed by atoms with E-state index in [1.807, 2.05) is 49.4 Å². The molecule has 4 aromatic rings. The van der Waals surface area contributed by atoms with Crippen LogP contribution in [0, 0.1) is 6.92 Å². The molecule has 1 aliphatic heterocycles. The largest absolute Gasteiger partial charge is 0.507 e. The minimum absolute atomic E-state index is 0.0397. The van der Waals surface area contributed by atoms with E-state index in [2.05, 4.69) is 18.0 Å². The van der Waals surface area contributed by atoms with Gasteiger partial charge in [0.25, 0.3) is 5.78 Å². The van der Waals surface area contributed by atoms with Gasteiger partial charge in [-0.25, -0.2) is 4.98 Å². The third-order valence-corrected chi connectivity index (χ3v) is 7.16. The zero-order valence-electron chi connectivity index (χ0n) is 20.5. The van der Waals surface area contributed by atoms with E-state index in [1.165, 1.54) is 16.2 Å². The molecule has 2 heterocycles. The molecule has 1 saturated heterocycles. The molecule has 1 atom stereocenters. The van der Waals surface area contributed by atoms with Crippen molar-refractivity contribution in [3.8, 4) is 5.75 Å². The topological polar surface area (TPSA) is 79.7 Å². The van der Waals surface area contributed by atoms with Gasteiger partial charge in [0, 0.05) is 17.1 Å². The van der Waals surface area contributed by atoms with Gasteiger partial charge in [0.15, 0.2) is 5.13 Å². The summed E-state index contributed by atoms with van der Waals surface area (Å²) in [6.07, 6.45) is 2.46. The van der Waals surface area contributed by atoms with Gasteiger partial charge in [0.1, 0.15) is 18.1 Å². The summed E-state index contributed by atoms with van der Waals surface area (Å²) in [5, 5.41) is 13.5. The summed E-state index contributed by atoms with van der Waals surface area (Å²) in [5.41, 5.74) is 4.55. The molecular weight excluding hydrogens is 484 g/mol. The summed E-state index contributed by atoms with van der Waals surface area (Å²) >= 11 is 1.27. The number of Topliss-reactive ketones (excluding diaryl/α,β-unsaturated/α-hetero) is 1. The molecule has 0 unspecified atom stereocenters. The number of amides is 1. The Morgan fingerprint density at radius 2 is 1.78 bits per heavy atom. The molecule has 186 valence electrons. The number of hydrogen-bond acceptors (Lipinski definition) is 6. The SMILES string of the molecule is CCc1ccc([C@@H]2C(=C(O)c3ccc(OCc4cccc(C)c4)cc3)C(=O)C(=O)N2c2nccs2)cc1. The summed E-state index contributed by atoms with van der Waals surface area (Å²) in [6, 6.07) is 21.9. The summed E-state index contributed by atoms with van der Waals surface area (Å²) in [6.45, 7) is 4.51. The smallest absolute Gasteiger partial charge is 0.301 e. The van der Waals surface area contributed by atoms with Crippen molar-refractivity contribution in [1.29, 1.82) is 0 Å². The summed E-state index contributed by atoms with van der Waals surface area (Å²) < 4.78 is 5.89. The lowest BCUT2D eigenvalue weighted by Gasteiger charge is -2.23. The van der Waals surface area contributed by atoms with E-state index < -0.39 is 17.7 Å². The standard InChI is InChI=1S/C30H26N2O4S/c1-3-20-7-9-22(10-8-20)26-25(28(34)29(35)32(26)30-31-15-16-37-30)27(33)23-11-13-24(14-12-23)36-18-21-6-4-5-19(2)17-21/h4-17,26,33H,3,18H2,1-2H3/t26-/m1/s1. The van der Waals surface area contributed by atoms with Crippen LogP contribution in [0.15, 0.2) is 89.9 Å². The van der Waals surface area contributed by atoms with E-state index in [9.17, 15) is 14.7 Å². The van der Waals surface area contributed by atoms with Crippen molar-refractivity contribution in [1.82, 2.24) is 4.98 Å². The Morgan fingerprint density at radius 3 is 2.43 bits per heavy atom. The maximum Gasteiger partial charge on any atom is 0.301 e. The first-order valence-electron chi connectivity index (χ1n) is 12.0. The van der Waals surface area contributed by atoms with Crippen LogP contribution in [-0.2, 0) is 22.6 Å². The highest BCUT2D eigenvalue weighted by atomic mass is 32.1. The molecule has 7 heteroatoms. The average Bonchev–Trinajstić information content (AvgIpc) is 3.54. The molecule has 0 saturated carbocycles. The molecule has 37 heavy (non-hydrogen) atoms. The number of aliphatic hydroxyl groups is 1. The third kappa shape index (κ3) is 4.90. The minimum atomic E-state index is -0.783. The number of ether oxygens (including phenoxy) is 1. The van der Waals surface area contributed by atoms with Gasteiger partial charge in [0.2, 0.25) is 0 Å². The van der Waals surface area contributed by atoms with Crippen LogP contribution in [0.1, 0.15) is 40.8 Å². The van der Waals surface area contributed by atoms with Crippen molar-refractivity contribution in [3.63, 3.8) is 0 Å². The second-order valence-corrected chi connectivity index (χ2v) is 9.75. The molecule has 1 aromatic heterocycles. The van der Waals surface area contributed by atoms with Crippen molar-refractivity contribution < 1.29 is 19.4 Å². The molecule has 6 nitrogen and oxygen atoms in total. The fraction of sp³-hybridized carbons (Fsp3) is 0.167. The van der Waals surface area contributed by atoms with Crippen molar-refractivity contribution in [3.05, 3.63) is 118 Å². The van der Waals surface area contributed by atoms with Crippen molar-refractivity contribution in [2.75, 3.05) is 4.90 Å². The van der Waals surface area contributed by atoms with E-state index in [-0.39, 0.29) is 11.3 Å². The molecule has 1 amide bonds. The Balaban J connectivity index is 1.49. The number of aromatic nitrogens is 1. The molecule has 0 radical (unpaired) electrons. The Kier molecular flexibility index (Phi) is 6.88. The molecule has 1 fully saturated rings. The highest BCUT2D eigenvalue weighted by molar-refractivity contribution is 7.14. The normalized spacial score (nSPS) is 16.8. The molecule has 3 aromatic carbocycles. The zero-order valence-corrected chi connectivity index (χ0v) is 21.4. The van der Waals surface area contributed by atoms with Crippen LogP contribution in [0.3, 0.4) is 0 Å². The Labute approximate surface area is 219 Å². The highest BCUT2D eigenvalue weighted by Crippen LogP contribution is 2.42. The number of ketones is 1. The van der Waals surface area contributed by atoms with Gasteiger partial charge in [-0.15, -0.1) is 11.3 Å². The Morgan fingerprint density at radius 1 is 1.03 bits per heavy atom. The van der Waals surface area contributed by atoms with E-state index in [4.69, 9.17) is 4.74 Å². The van der Waals surface area contributed by atoms with Crippen molar-refractivity contribution in [2.45, 2.75) is 32.9 Å². The van der Waals surface area contributed by atoms with E-state index in [0.717, 1.165) is 28.7 Å². The van der Waals surface area contributed by atoms with Gasteiger partial charge < -0.3 is 9.84 Å². The lowest BCUT2D eigenvalue weighted by Crippen LogP contribution is -2.29. The number of aliphatic hydroxyl groups excluding tert-OH is 1. The lowest BCUT2D eigenvalue weighted by atomic mass is 9.94. The first-order valence-corrected chi connectivity index (χ1v) is 12.9. The van der Waals surface area contributed by atoms with Crippen LogP contribution in [0.25, 0.3) is 5.76 Å². The number of nitrogens with zero attached hydrogens (tertiary/aromatic N) is 2. The quantitative estimate of drug-likeness (QED) is 0.181. The molecule has 5 rings (SSSR count). The van der Waals surface area contributed by atoms with Crippen molar-refractivity contribution >= 4 is 33.9 Å². The van der Waals surface area contributed by atoms with E-state index in [1.54, 1.807) is 35.8 Å². The van der Waals surface area contributed by atoms with E-state index in [0.29, 0.717) is 23.1 Å². The number of thiazole rings is 1. The van der Waals surface area contributed by atoms with Gasteiger partial charge in [0.05, 0.1) is 11.6 Å². The molecule has 1 N–H and O–H groups in total. The summed E-state index contributed by atoms with van der Waals surface area (Å²) in [7, 11) is 0. The number of aryl methyl sites for hydroxylation is 2. The van der Waals surface area contributed by atoms with Gasteiger partial charge in [-0.05, 0) is 54.3 Å². The molecular formula is C30H26N2O4S. The third-order valence-electron chi connectivity index (χ3n) is 6.39. The fourth-order valence-electron chi connectivity index (χ4n) is 4.45. The van der Waals surface area contributed by atoms with Gasteiger partial charge >= 0.3 is 5.91 Å². The average molecular weight is 511 g/mol. The van der Waals surface area contributed by atoms with Crippen LogP contribution in [0.4, 0.5) is 5.13 Å². The van der Waals surface area contributed by atoms with Gasteiger partial charge in [-0.3, -0.25) is 14.5 Å². The minimum Gasteiger partial charge on any atom is -0.507 e. The highest BCUT2D eigenvalue weighted by Gasteiger charge is 2.47. The second kappa shape index (κ2) is 10.4. The predicted octanol–water partition coefficient (Wildman–Crippen LogP) is 6.22. The van der Waals surface area contributed by atoms with Crippen LogP contribution >= 0.6 is 11.3 Å². The zero-order chi connectivity index (χ0) is 25.9. The summed E-state index contributed by atoms with van der Waals surface area (Å²) in [5.74, 6) is -1.04. The Bertz CT molecular complexity index is 1460. The Hall–Kier alpha value is -4.23. The van der Waals surface area contributed by atoms with Crippen LogP contribution in [0.5, 0.6) is 5.75 Å². The van der Waals surface area contributed by atoms with Crippen molar-refractivity contribution in [2.24, 2.45) is 0 Å². The molecule has 0 bridgehead atoms. The molecule has 0 spiro atoms. The first-order chi connectivity index (χ1) is 18.0. The van der Waals surface area contributed by atoms with E-state index >= 15 is 0 Å². The monoisotopic (exact) mass is 510 g/mol. The number of anilines is 1. The number of carbonyl (C=O) groups is 2. The van der Waals surface area contributed by atoms with Gasteiger partial charge in [-0.2, -0.15) is 0 Å². The summed E-state index contributed by atoms with van der Waals surface area (Å²) in [4.78, 5) is 32.0. The lowest BCUT2D eigenvalue weighted by molar-refractivity contribution is -0.132. The number of carbonyl (C=O) groups excluding carboxylic acids is 2. The van der Waals surface area contributed by atoms with Crippen LogP contribution in [-0.4, -0.2) is 21.8 Å². The number of rotatable bonds is 7. The number of hydrogen-bond donors (Lipinski definition) is 1. The van der Waals surface area contributed by atoms with Crippen LogP contribution in [0.2, 0.25) is 0 Å². The predicted molar refractivity (Wildman–Crippen MR) is 145 cm³/mol. The maximum absolute atomic E-state index is 13.2. The second-order valence-electron chi connectivity index (χ2n) is 8.88. The number of benzene rings is 3. The van der Waals surface area contributed by atoms with Crippen LogP contribution < -0.4 is 9.64 Å². The van der Waals surface area contributed by atoms with Gasteiger partial charge in [-0.1, -0.05) is 61.0 Å². The fourth-order valence-corrected chi connectivity index (χ4v) is 5.12. The maximum atomic E-state index is 13.2. The molecule has 0 aliphatic carbocycles.